The van der Waals surface area contributed by atoms with Crippen LogP contribution < -0.4 is 11.5 Å². The molecule has 0 saturated carbocycles. The average molecular weight is 357 g/mol. The van der Waals surface area contributed by atoms with Gasteiger partial charge in [-0.3, -0.25) is 8.42 Å². The van der Waals surface area contributed by atoms with E-state index >= 15 is 0 Å². The van der Waals surface area contributed by atoms with Crippen LogP contribution in [-0.2, 0) is 10.4 Å². The Morgan fingerprint density at radius 3 is 1.04 bits per heavy atom. The summed E-state index contributed by atoms with van der Waals surface area (Å²) in [6.07, 6.45) is 8.00. The smallest absolute Gasteiger partial charge is 0.0815 e. The zero-order valence-electron chi connectivity index (χ0n) is 16.0. The highest BCUT2D eigenvalue weighted by Gasteiger charge is 1.99. The minimum absolute atomic E-state index is 0.642. The summed E-state index contributed by atoms with van der Waals surface area (Å²) in [7, 11) is -5.17. The molecule has 0 spiro atoms. The molecule has 2 unspecified atom stereocenters. The maximum Gasteiger partial charge on any atom is 0.0815 e. The summed E-state index contributed by atoms with van der Waals surface area (Å²) < 4.78 is 34.1. The topological polar surface area (TPSA) is 136 Å². The molecule has 2 atom stereocenters. The fourth-order valence-corrected chi connectivity index (χ4v) is 1.75. The highest BCUT2D eigenvalue weighted by atomic mass is 32.3. The lowest BCUT2D eigenvalue weighted by Crippen LogP contribution is -2.58. The largest absolute Gasteiger partial charge is 0.759 e. The molecule has 0 aliphatic heterocycles. The minimum atomic E-state index is -5.17. The molecule has 0 amide bonds. The number of quaternary nitrogens is 2. The Labute approximate surface area is 144 Å². The Bertz CT molecular complexity index is 287. The molecule has 0 saturated heterocycles. The second-order valence-electron chi connectivity index (χ2n) is 7.27. The summed E-state index contributed by atoms with van der Waals surface area (Å²) in [5.41, 5.74) is 7.87. The van der Waals surface area contributed by atoms with Gasteiger partial charge < -0.3 is 20.6 Å². The van der Waals surface area contributed by atoms with Crippen molar-refractivity contribution in [2.45, 2.75) is 92.2 Å². The van der Waals surface area contributed by atoms with Gasteiger partial charge in [-0.05, 0) is 51.4 Å². The summed E-state index contributed by atoms with van der Waals surface area (Å²) in [6.45, 7) is 13.4. The first-order valence-corrected chi connectivity index (χ1v) is 9.91. The van der Waals surface area contributed by atoms with Crippen LogP contribution in [0.1, 0.15) is 80.1 Å². The minimum Gasteiger partial charge on any atom is -0.759 e. The van der Waals surface area contributed by atoms with Crippen molar-refractivity contribution >= 4 is 10.4 Å². The van der Waals surface area contributed by atoms with Crippen LogP contribution in [0.4, 0.5) is 0 Å². The zero-order valence-corrected chi connectivity index (χ0v) is 16.8. The van der Waals surface area contributed by atoms with Gasteiger partial charge in [0.15, 0.2) is 0 Å². The molecule has 23 heavy (non-hydrogen) atoms. The number of hydrogen-bond acceptors (Lipinski definition) is 4. The summed E-state index contributed by atoms with van der Waals surface area (Å²) >= 11 is 0. The summed E-state index contributed by atoms with van der Waals surface area (Å²) in [6, 6.07) is 1.28. The SMILES string of the molecule is CC(C)CCCC(C)[NH3+].CC(C)CCCC(C)[NH3+].O=S(=O)([O-])[O-]. The van der Waals surface area contributed by atoms with Crippen molar-refractivity contribution in [2.24, 2.45) is 11.8 Å². The van der Waals surface area contributed by atoms with Crippen molar-refractivity contribution in [3.63, 3.8) is 0 Å². The zero-order chi connectivity index (χ0) is 19.1. The van der Waals surface area contributed by atoms with Crippen molar-refractivity contribution < 1.29 is 29.0 Å². The van der Waals surface area contributed by atoms with E-state index in [9.17, 15) is 0 Å². The highest BCUT2D eigenvalue weighted by Crippen LogP contribution is 2.06. The fraction of sp³-hybridized carbons (Fsp3) is 1.00. The van der Waals surface area contributed by atoms with Gasteiger partial charge in [0.25, 0.3) is 0 Å². The number of rotatable bonds is 8. The normalized spacial score (nSPS) is 13.7. The third-order valence-electron chi connectivity index (χ3n) is 2.96. The molecule has 0 radical (unpaired) electrons. The fourth-order valence-electron chi connectivity index (χ4n) is 1.75. The second kappa shape index (κ2) is 16.6. The standard InChI is InChI=1S/2C8H19N.H2O4S/c2*1-7(2)5-4-6-8(3)9;1-5(2,3)4/h2*7-8H,4-6,9H2,1-3H3;(H2,1,2,3,4). The van der Waals surface area contributed by atoms with E-state index in [1.54, 1.807) is 0 Å². The molecule has 0 heterocycles. The van der Waals surface area contributed by atoms with Crippen LogP contribution in [0.25, 0.3) is 0 Å². The van der Waals surface area contributed by atoms with Crippen LogP contribution in [0.2, 0.25) is 0 Å². The molecule has 7 heteroatoms. The monoisotopic (exact) mass is 356 g/mol. The molecule has 0 bridgehead atoms. The Morgan fingerprint density at radius 2 is 0.913 bits per heavy atom. The third kappa shape index (κ3) is 61.4. The van der Waals surface area contributed by atoms with Crippen LogP contribution in [0, 0.1) is 11.8 Å². The summed E-state index contributed by atoms with van der Waals surface area (Å²) in [4.78, 5) is 0. The van der Waals surface area contributed by atoms with Gasteiger partial charge in [-0.25, -0.2) is 0 Å². The van der Waals surface area contributed by atoms with Crippen LogP contribution in [-0.4, -0.2) is 29.6 Å². The molecular weight excluding hydrogens is 316 g/mol. The van der Waals surface area contributed by atoms with Crippen LogP contribution >= 0.6 is 0 Å². The molecule has 0 aromatic carbocycles. The van der Waals surface area contributed by atoms with Crippen molar-refractivity contribution in [2.75, 3.05) is 0 Å². The Kier molecular flexibility index (Phi) is 20.0. The van der Waals surface area contributed by atoms with Crippen LogP contribution in [0.5, 0.6) is 0 Å². The highest BCUT2D eigenvalue weighted by molar-refractivity contribution is 7.79. The lowest BCUT2D eigenvalue weighted by Gasteiger charge is -2.06. The Balaban J connectivity index is -0.000000273. The number of hydrogen-bond donors (Lipinski definition) is 2. The quantitative estimate of drug-likeness (QED) is 0.503. The van der Waals surface area contributed by atoms with E-state index in [4.69, 9.17) is 17.5 Å². The molecule has 0 rings (SSSR count). The van der Waals surface area contributed by atoms with Gasteiger partial charge in [-0.15, -0.1) is 0 Å². The van der Waals surface area contributed by atoms with E-state index in [1.807, 2.05) is 0 Å². The Morgan fingerprint density at radius 1 is 0.696 bits per heavy atom. The van der Waals surface area contributed by atoms with Crippen molar-refractivity contribution in [3.8, 4) is 0 Å². The molecule has 0 aromatic heterocycles. The van der Waals surface area contributed by atoms with E-state index in [1.165, 1.54) is 38.5 Å². The second-order valence-corrected chi connectivity index (χ2v) is 8.08. The molecular formula is C16H40N2O4S. The van der Waals surface area contributed by atoms with Crippen molar-refractivity contribution in [3.05, 3.63) is 0 Å². The molecule has 0 aromatic rings. The molecule has 0 aliphatic carbocycles. The average Bonchev–Trinajstić information content (AvgIpc) is 2.25. The van der Waals surface area contributed by atoms with Crippen molar-refractivity contribution in [1.82, 2.24) is 0 Å². The maximum atomic E-state index is 8.52. The maximum absolute atomic E-state index is 8.52. The van der Waals surface area contributed by atoms with E-state index in [-0.39, 0.29) is 0 Å². The molecule has 6 N–H and O–H groups in total. The van der Waals surface area contributed by atoms with Gasteiger partial charge in [-0.2, -0.15) is 0 Å². The van der Waals surface area contributed by atoms with Gasteiger partial charge in [0.05, 0.1) is 12.1 Å². The van der Waals surface area contributed by atoms with E-state index in [0.29, 0.717) is 12.1 Å². The molecule has 0 aliphatic rings. The molecule has 0 fully saturated rings. The molecule has 144 valence electrons. The first kappa shape index (κ1) is 27.6. The van der Waals surface area contributed by atoms with Gasteiger partial charge in [0.2, 0.25) is 0 Å². The van der Waals surface area contributed by atoms with Crippen LogP contribution in [0.3, 0.4) is 0 Å². The first-order chi connectivity index (χ1) is 10.3. The third-order valence-corrected chi connectivity index (χ3v) is 2.96. The first-order valence-electron chi connectivity index (χ1n) is 8.58. The van der Waals surface area contributed by atoms with E-state index < -0.39 is 10.4 Å². The van der Waals surface area contributed by atoms with Crippen LogP contribution in [0.15, 0.2) is 0 Å². The lowest BCUT2D eigenvalue weighted by molar-refractivity contribution is -0.416. The van der Waals surface area contributed by atoms with E-state index in [2.05, 4.69) is 53.0 Å². The summed E-state index contributed by atoms with van der Waals surface area (Å²) in [5.74, 6) is 1.73. The molecule has 6 nitrogen and oxygen atoms in total. The Hall–Kier alpha value is -0.210. The predicted molar refractivity (Wildman–Crippen MR) is 92.6 cm³/mol. The predicted octanol–water partition coefficient (Wildman–Crippen LogP) is 1.55. The van der Waals surface area contributed by atoms with Crippen molar-refractivity contribution in [1.29, 1.82) is 0 Å². The van der Waals surface area contributed by atoms with E-state index in [0.717, 1.165) is 11.8 Å². The van der Waals surface area contributed by atoms with Gasteiger partial charge in [0.1, 0.15) is 0 Å². The summed E-state index contributed by atoms with van der Waals surface area (Å²) in [5, 5.41) is 0. The van der Waals surface area contributed by atoms with Gasteiger partial charge >= 0.3 is 0 Å². The van der Waals surface area contributed by atoms with Gasteiger partial charge in [0, 0.05) is 10.4 Å². The lowest BCUT2D eigenvalue weighted by atomic mass is 10.0. The van der Waals surface area contributed by atoms with Gasteiger partial charge in [-0.1, -0.05) is 40.5 Å².